The summed E-state index contributed by atoms with van der Waals surface area (Å²) in [6.45, 7) is -0.599. The van der Waals surface area contributed by atoms with E-state index in [1.54, 1.807) is 5.48 Å². The molecule has 11 nitrogen and oxygen atoms in total. The smallest absolute Gasteiger partial charge is 0.323 e. The lowest BCUT2D eigenvalue weighted by Crippen LogP contribution is -2.49. The number of carbonyl (C=O) groups is 4. The molecule has 0 spiro atoms. The minimum atomic E-state index is -1.34. The quantitative estimate of drug-likeness (QED) is 0.125. The number of rotatable bonds is 11. The van der Waals surface area contributed by atoms with Crippen molar-refractivity contribution in [2.45, 2.75) is 24.9 Å². The Hall–Kier alpha value is -1.89. The van der Waals surface area contributed by atoms with Crippen LogP contribution < -0.4 is 16.1 Å². The monoisotopic (exact) mass is 339 g/mol. The van der Waals surface area contributed by atoms with Crippen molar-refractivity contribution in [3.8, 4) is 0 Å². The van der Waals surface area contributed by atoms with Gasteiger partial charge in [-0.05, 0) is 6.42 Å². The number of carboxylic acids is 2. The van der Waals surface area contributed by atoms with E-state index in [9.17, 15) is 19.2 Å². The van der Waals surface area contributed by atoms with Crippen LogP contribution >= 0.6 is 12.6 Å². The normalized spacial score (nSPS) is 13.0. The lowest BCUT2D eigenvalue weighted by molar-refractivity contribution is -0.299. The summed E-state index contributed by atoms with van der Waals surface area (Å²) in [6.07, 6.45) is -0.485. The van der Waals surface area contributed by atoms with Gasteiger partial charge in [0.05, 0.1) is 0 Å². The zero-order valence-electron chi connectivity index (χ0n) is 11.3. The number of thiol groups is 1. The molecule has 0 aromatic carbocycles. The first kappa shape index (κ1) is 20.1. The molecule has 2 amide bonds. The lowest BCUT2D eigenvalue weighted by Gasteiger charge is -2.16. The summed E-state index contributed by atoms with van der Waals surface area (Å²) in [5, 5.41) is 29.7. The van der Waals surface area contributed by atoms with Gasteiger partial charge in [-0.25, -0.2) is 5.26 Å². The van der Waals surface area contributed by atoms with Crippen LogP contribution in [-0.4, -0.2) is 63.6 Å². The van der Waals surface area contributed by atoms with Crippen LogP contribution in [0.1, 0.15) is 12.8 Å². The van der Waals surface area contributed by atoms with Gasteiger partial charge in [-0.2, -0.15) is 18.1 Å². The van der Waals surface area contributed by atoms with Crippen LogP contribution in [0, 0.1) is 0 Å². The summed E-state index contributed by atoms with van der Waals surface area (Å²) < 4.78 is 0. The Morgan fingerprint density at radius 1 is 1.14 bits per heavy atom. The molecule has 12 heteroatoms. The number of hydrogen-bond donors (Lipinski definition) is 7. The number of carbonyl (C=O) groups excluding carboxylic acids is 2. The second-order valence-corrected chi connectivity index (χ2v) is 4.42. The molecule has 0 aromatic rings. The summed E-state index contributed by atoms with van der Waals surface area (Å²) >= 11 is 3.87. The Morgan fingerprint density at radius 2 is 1.77 bits per heavy atom. The van der Waals surface area contributed by atoms with Crippen LogP contribution in [-0.2, 0) is 24.2 Å². The van der Waals surface area contributed by atoms with Crippen LogP contribution in [0.15, 0.2) is 0 Å². The standard InChI is InChI=1S/C10H17N3O8S/c14-7(2-1-5(10(18)19)13-21-20)12-6(4-22)9(17)11-3-8(15)16/h5-6,13,20,22H,1-4H2,(H,11,17)(H,12,14)(H,15,16)(H,18,19)/t5-,6-/m0/s1. The molecule has 0 aliphatic carbocycles. The molecule has 0 fully saturated rings. The summed E-state index contributed by atoms with van der Waals surface area (Å²) in [6, 6.07) is -2.37. The molecular formula is C10H17N3O8S. The van der Waals surface area contributed by atoms with Gasteiger partial charge in [-0.3, -0.25) is 19.2 Å². The summed E-state index contributed by atoms with van der Waals surface area (Å²) in [5.41, 5.74) is 1.78. The SMILES string of the molecule is O=C(O)CNC(=O)[C@H](CS)NC(=O)CC[C@H](NOO)C(=O)O. The van der Waals surface area contributed by atoms with Crippen molar-refractivity contribution in [2.24, 2.45) is 0 Å². The molecule has 0 saturated carbocycles. The number of hydroxylamine groups is 1. The van der Waals surface area contributed by atoms with Crippen LogP contribution in [0.25, 0.3) is 0 Å². The molecule has 2 atom stereocenters. The molecule has 0 aliphatic heterocycles. The fourth-order valence-corrected chi connectivity index (χ4v) is 1.58. The van der Waals surface area contributed by atoms with Gasteiger partial charge in [-0.15, -0.1) is 4.99 Å². The largest absolute Gasteiger partial charge is 0.480 e. The third kappa shape index (κ3) is 8.41. The minimum Gasteiger partial charge on any atom is -0.480 e. The van der Waals surface area contributed by atoms with Crippen LogP contribution in [0.2, 0.25) is 0 Å². The Morgan fingerprint density at radius 3 is 2.23 bits per heavy atom. The molecule has 0 aliphatic rings. The number of amides is 2. The molecule has 0 bridgehead atoms. The maximum absolute atomic E-state index is 11.6. The Labute approximate surface area is 130 Å². The van der Waals surface area contributed by atoms with Gasteiger partial charge in [0.1, 0.15) is 18.6 Å². The molecular weight excluding hydrogens is 322 g/mol. The third-order valence-electron chi connectivity index (χ3n) is 2.40. The van der Waals surface area contributed by atoms with E-state index < -0.39 is 42.4 Å². The molecule has 0 unspecified atom stereocenters. The zero-order chi connectivity index (χ0) is 17.1. The van der Waals surface area contributed by atoms with Crippen molar-refractivity contribution in [3.63, 3.8) is 0 Å². The Bertz CT molecular complexity index is 419. The van der Waals surface area contributed by atoms with Crippen molar-refractivity contribution in [1.29, 1.82) is 0 Å². The van der Waals surface area contributed by atoms with Gasteiger partial charge in [0.25, 0.3) is 0 Å². The first-order valence-corrected chi connectivity index (χ1v) is 6.63. The third-order valence-corrected chi connectivity index (χ3v) is 2.77. The summed E-state index contributed by atoms with van der Waals surface area (Å²) in [7, 11) is 0. The Balaban J connectivity index is 4.33. The van der Waals surface area contributed by atoms with Crippen molar-refractivity contribution in [1.82, 2.24) is 16.1 Å². The average molecular weight is 339 g/mol. The minimum absolute atomic E-state index is 0.0719. The molecule has 0 rings (SSSR count). The van der Waals surface area contributed by atoms with Gasteiger partial charge in [0.2, 0.25) is 11.8 Å². The maximum atomic E-state index is 11.6. The van der Waals surface area contributed by atoms with E-state index in [-0.39, 0.29) is 18.6 Å². The fourth-order valence-electron chi connectivity index (χ4n) is 1.32. The van der Waals surface area contributed by atoms with Crippen molar-refractivity contribution >= 4 is 36.4 Å². The van der Waals surface area contributed by atoms with E-state index in [1.807, 2.05) is 0 Å². The number of hydrogen-bond acceptors (Lipinski definition) is 8. The van der Waals surface area contributed by atoms with Gasteiger partial charge in [0.15, 0.2) is 0 Å². The van der Waals surface area contributed by atoms with Crippen molar-refractivity contribution in [2.75, 3.05) is 12.3 Å². The topological polar surface area (TPSA) is 174 Å². The predicted octanol–water partition coefficient (Wildman–Crippen LogP) is -2.17. The Kier molecular flexibility index (Phi) is 9.86. The average Bonchev–Trinajstić information content (AvgIpc) is 2.46. The van der Waals surface area contributed by atoms with Crippen LogP contribution in [0.5, 0.6) is 0 Å². The van der Waals surface area contributed by atoms with E-state index in [0.29, 0.717) is 0 Å². The molecule has 0 saturated heterocycles. The highest BCUT2D eigenvalue weighted by atomic mass is 32.1. The van der Waals surface area contributed by atoms with Crippen molar-refractivity contribution < 1.29 is 39.6 Å². The van der Waals surface area contributed by atoms with E-state index >= 15 is 0 Å². The second kappa shape index (κ2) is 10.8. The molecule has 6 N–H and O–H groups in total. The first-order valence-electron chi connectivity index (χ1n) is 6.00. The van der Waals surface area contributed by atoms with Gasteiger partial charge in [0, 0.05) is 12.2 Å². The molecule has 0 radical (unpaired) electrons. The van der Waals surface area contributed by atoms with Gasteiger partial charge in [-0.1, -0.05) is 0 Å². The number of carboxylic acid groups (broad SMARTS) is 2. The highest BCUT2D eigenvalue weighted by Gasteiger charge is 2.22. The number of nitrogens with one attached hydrogen (secondary N) is 3. The first-order chi connectivity index (χ1) is 10.3. The molecule has 0 aromatic heterocycles. The van der Waals surface area contributed by atoms with Crippen LogP contribution in [0.3, 0.4) is 0 Å². The van der Waals surface area contributed by atoms with E-state index in [1.165, 1.54) is 0 Å². The second-order valence-electron chi connectivity index (χ2n) is 4.05. The maximum Gasteiger partial charge on any atom is 0.323 e. The van der Waals surface area contributed by atoms with E-state index in [4.69, 9.17) is 15.5 Å². The lowest BCUT2D eigenvalue weighted by atomic mass is 10.1. The fraction of sp³-hybridized carbons (Fsp3) is 0.600. The zero-order valence-corrected chi connectivity index (χ0v) is 12.2. The highest BCUT2D eigenvalue weighted by molar-refractivity contribution is 7.80. The predicted molar refractivity (Wildman–Crippen MR) is 73.9 cm³/mol. The van der Waals surface area contributed by atoms with Gasteiger partial charge < -0.3 is 20.8 Å². The van der Waals surface area contributed by atoms with Gasteiger partial charge >= 0.3 is 11.9 Å². The summed E-state index contributed by atoms with van der Waals surface area (Å²) in [5.74, 6) is -4.02. The van der Waals surface area contributed by atoms with Crippen molar-refractivity contribution in [3.05, 3.63) is 0 Å². The molecule has 0 heterocycles. The molecule has 126 valence electrons. The van der Waals surface area contributed by atoms with Crippen LogP contribution in [0.4, 0.5) is 0 Å². The van der Waals surface area contributed by atoms with E-state index in [2.05, 4.69) is 28.3 Å². The highest BCUT2D eigenvalue weighted by Crippen LogP contribution is 1.99. The summed E-state index contributed by atoms with van der Waals surface area (Å²) in [4.78, 5) is 47.7. The van der Waals surface area contributed by atoms with E-state index in [0.717, 1.165) is 0 Å². The molecule has 22 heavy (non-hydrogen) atoms. The number of aliphatic carboxylic acids is 2.